The number of aromatic nitrogens is 3. The van der Waals surface area contributed by atoms with Crippen LogP contribution in [0.2, 0.25) is 0 Å². The Morgan fingerprint density at radius 3 is 3.00 bits per heavy atom. The monoisotopic (exact) mass is 227 g/mol. The number of carbonyl (C=O) groups excluding carboxylic acids is 1. The number of nitrogens with two attached hydrogens (primary N) is 1. The summed E-state index contributed by atoms with van der Waals surface area (Å²) >= 11 is 0. The summed E-state index contributed by atoms with van der Waals surface area (Å²) in [5.74, 6) is -0.546. The predicted molar refractivity (Wildman–Crippen MR) is 58.0 cm³/mol. The van der Waals surface area contributed by atoms with Gasteiger partial charge in [-0.05, 0) is 18.2 Å². The Morgan fingerprint density at radius 2 is 2.29 bits per heavy atom. The summed E-state index contributed by atoms with van der Waals surface area (Å²) in [6, 6.07) is 5.14. The van der Waals surface area contributed by atoms with Crippen LogP contribution in [0.15, 0.2) is 35.1 Å². The highest BCUT2D eigenvalue weighted by atomic mass is 16.3. The van der Waals surface area contributed by atoms with E-state index >= 15 is 0 Å². The van der Waals surface area contributed by atoms with E-state index in [-0.39, 0.29) is 0 Å². The van der Waals surface area contributed by atoms with Crippen LogP contribution in [0.3, 0.4) is 0 Å². The molecule has 0 aliphatic carbocycles. The van der Waals surface area contributed by atoms with Gasteiger partial charge in [-0.15, -0.1) is 5.10 Å². The molecule has 0 aromatic carbocycles. The third-order valence-electron chi connectivity index (χ3n) is 2.46. The fourth-order valence-corrected chi connectivity index (χ4v) is 1.68. The summed E-state index contributed by atoms with van der Waals surface area (Å²) in [6.45, 7) is 0. The highest BCUT2D eigenvalue weighted by Crippen LogP contribution is 2.21. The van der Waals surface area contributed by atoms with Gasteiger partial charge in [-0.1, -0.05) is 0 Å². The Morgan fingerprint density at radius 1 is 1.41 bits per heavy atom. The molecule has 83 valence electrons. The molecule has 1 radical (unpaired) electrons. The van der Waals surface area contributed by atoms with Gasteiger partial charge in [0.15, 0.2) is 5.65 Å². The third-order valence-corrected chi connectivity index (χ3v) is 2.46. The normalized spacial score (nSPS) is 10.8. The summed E-state index contributed by atoms with van der Waals surface area (Å²) < 4.78 is 6.51. The average molecular weight is 227 g/mol. The molecule has 0 saturated heterocycles. The van der Waals surface area contributed by atoms with Gasteiger partial charge in [0.25, 0.3) is 5.91 Å². The fraction of sp³-hybridized carbons (Fsp3) is 0. The number of fused-ring (bicyclic) bond motifs is 1. The van der Waals surface area contributed by atoms with Crippen LogP contribution in [0.5, 0.6) is 0 Å². The first-order valence-electron chi connectivity index (χ1n) is 4.85. The lowest BCUT2D eigenvalue weighted by Crippen LogP contribution is -2.13. The van der Waals surface area contributed by atoms with Crippen molar-refractivity contribution in [3.05, 3.63) is 42.6 Å². The summed E-state index contributed by atoms with van der Waals surface area (Å²) in [4.78, 5) is 15.1. The first-order valence-corrected chi connectivity index (χ1v) is 4.85. The summed E-state index contributed by atoms with van der Waals surface area (Å²) in [5, 5.41) is 3.95. The van der Waals surface area contributed by atoms with E-state index in [0.717, 1.165) is 11.3 Å². The Hall–Kier alpha value is -2.63. The predicted octanol–water partition coefficient (Wildman–Crippen LogP) is 0.888. The molecule has 0 aliphatic heterocycles. The van der Waals surface area contributed by atoms with Gasteiger partial charge in [0.1, 0.15) is 0 Å². The van der Waals surface area contributed by atoms with Gasteiger partial charge in [0.2, 0.25) is 6.33 Å². The first-order chi connectivity index (χ1) is 8.27. The summed E-state index contributed by atoms with van der Waals surface area (Å²) in [6.07, 6.45) is 5.60. The minimum atomic E-state index is -0.546. The molecule has 2 N–H and O–H groups in total. The van der Waals surface area contributed by atoms with Gasteiger partial charge in [-0.2, -0.15) is 0 Å². The Balaban J connectivity index is 2.33. The SMILES string of the molecule is NC(=O)c1ccc(-c2ccoc2)n2n[c]nc12. The molecule has 3 heterocycles. The zero-order valence-electron chi connectivity index (χ0n) is 8.62. The van der Waals surface area contributed by atoms with Crippen LogP contribution in [0, 0.1) is 6.33 Å². The standard InChI is InChI=1S/C11H7N4O2/c12-10(16)8-1-2-9(7-3-4-17-5-7)15-11(8)13-6-14-15/h1-5H,(H2,12,16). The van der Waals surface area contributed by atoms with Gasteiger partial charge in [0.05, 0.1) is 23.8 Å². The molecule has 0 bridgehead atoms. The van der Waals surface area contributed by atoms with Crippen LogP contribution in [0.1, 0.15) is 10.4 Å². The van der Waals surface area contributed by atoms with Crippen LogP contribution in [-0.4, -0.2) is 20.5 Å². The second kappa shape index (κ2) is 3.44. The van der Waals surface area contributed by atoms with Crippen LogP contribution >= 0.6 is 0 Å². The molecule has 0 unspecified atom stereocenters. The number of pyridine rings is 1. The van der Waals surface area contributed by atoms with Crippen molar-refractivity contribution in [3.63, 3.8) is 0 Å². The van der Waals surface area contributed by atoms with Crippen molar-refractivity contribution < 1.29 is 9.21 Å². The maximum absolute atomic E-state index is 11.2. The minimum absolute atomic E-state index is 0.311. The molecule has 0 fully saturated rings. The van der Waals surface area contributed by atoms with Crippen molar-refractivity contribution in [2.45, 2.75) is 0 Å². The van der Waals surface area contributed by atoms with Gasteiger partial charge >= 0.3 is 0 Å². The largest absolute Gasteiger partial charge is 0.472 e. The van der Waals surface area contributed by atoms with Gasteiger partial charge in [-0.25, -0.2) is 9.50 Å². The van der Waals surface area contributed by atoms with Crippen molar-refractivity contribution in [3.8, 4) is 11.3 Å². The first kappa shape index (κ1) is 9.59. The fourth-order valence-electron chi connectivity index (χ4n) is 1.68. The number of rotatable bonds is 2. The van der Waals surface area contributed by atoms with Crippen LogP contribution in [0.4, 0.5) is 0 Å². The maximum atomic E-state index is 11.2. The number of nitrogens with zero attached hydrogens (tertiary/aromatic N) is 3. The number of carbonyl (C=O) groups is 1. The topological polar surface area (TPSA) is 86.4 Å². The lowest BCUT2D eigenvalue weighted by Gasteiger charge is -2.03. The Bertz CT molecular complexity index is 685. The minimum Gasteiger partial charge on any atom is -0.472 e. The molecular weight excluding hydrogens is 220 g/mol. The van der Waals surface area contributed by atoms with Crippen molar-refractivity contribution >= 4 is 11.6 Å². The second-order valence-corrected chi connectivity index (χ2v) is 3.46. The van der Waals surface area contributed by atoms with Gasteiger partial charge in [0, 0.05) is 5.56 Å². The quantitative estimate of drug-likeness (QED) is 0.704. The number of primary amides is 1. The lowest BCUT2D eigenvalue weighted by atomic mass is 10.1. The third kappa shape index (κ3) is 1.38. The van der Waals surface area contributed by atoms with Crippen molar-refractivity contribution in [2.75, 3.05) is 0 Å². The zero-order chi connectivity index (χ0) is 11.8. The zero-order valence-corrected chi connectivity index (χ0v) is 8.62. The van der Waals surface area contributed by atoms with E-state index in [0.29, 0.717) is 11.2 Å². The second-order valence-electron chi connectivity index (χ2n) is 3.46. The van der Waals surface area contributed by atoms with E-state index in [1.165, 1.54) is 4.52 Å². The van der Waals surface area contributed by atoms with Crippen molar-refractivity contribution in [2.24, 2.45) is 5.73 Å². The molecule has 3 aromatic heterocycles. The molecule has 0 atom stereocenters. The molecule has 0 saturated carbocycles. The molecular formula is C11H7N4O2. The van der Waals surface area contributed by atoms with Crippen LogP contribution < -0.4 is 5.73 Å². The molecule has 3 rings (SSSR count). The van der Waals surface area contributed by atoms with Crippen molar-refractivity contribution in [1.29, 1.82) is 0 Å². The molecule has 6 nitrogen and oxygen atoms in total. The maximum Gasteiger partial charge on any atom is 0.252 e. The molecule has 0 aliphatic rings. The number of amides is 1. The van der Waals surface area contributed by atoms with E-state index in [1.54, 1.807) is 30.7 Å². The Kier molecular flexibility index (Phi) is 1.94. The highest BCUT2D eigenvalue weighted by molar-refractivity contribution is 5.99. The van der Waals surface area contributed by atoms with E-state index in [9.17, 15) is 4.79 Å². The molecule has 1 amide bonds. The van der Waals surface area contributed by atoms with E-state index in [1.807, 2.05) is 0 Å². The smallest absolute Gasteiger partial charge is 0.252 e. The number of hydrogen-bond donors (Lipinski definition) is 1. The number of hydrogen-bond acceptors (Lipinski definition) is 4. The summed E-state index contributed by atoms with van der Waals surface area (Å²) in [7, 11) is 0. The van der Waals surface area contributed by atoms with Gasteiger partial charge < -0.3 is 10.2 Å². The van der Waals surface area contributed by atoms with E-state index < -0.39 is 5.91 Å². The molecule has 3 aromatic rings. The average Bonchev–Trinajstić information content (AvgIpc) is 2.98. The van der Waals surface area contributed by atoms with Crippen molar-refractivity contribution in [1.82, 2.24) is 14.6 Å². The van der Waals surface area contributed by atoms with Gasteiger partial charge in [-0.3, -0.25) is 4.79 Å². The van der Waals surface area contributed by atoms with E-state index in [4.69, 9.17) is 10.2 Å². The highest BCUT2D eigenvalue weighted by Gasteiger charge is 2.13. The lowest BCUT2D eigenvalue weighted by molar-refractivity contribution is 0.100. The van der Waals surface area contributed by atoms with Crippen LogP contribution in [0.25, 0.3) is 16.9 Å². The molecule has 17 heavy (non-hydrogen) atoms. The van der Waals surface area contributed by atoms with Crippen LogP contribution in [-0.2, 0) is 0 Å². The van der Waals surface area contributed by atoms with E-state index in [2.05, 4.69) is 16.4 Å². The molecule has 6 heteroatoms. The Labute approximate surface area is 95.7 Å². The number of furan rings is 1. The summed E-state index contributed by atoms with van der Waals surface area (Å²) in [5.41, 5.74) is 7.55. The molecule has 0 spiro atoms.